The van der Waals surface area contributed by atoms with E-state index in [0.717, 1.165) is 17.7 Å². The third-order valence-corrected chi connectivity index (χ3v) is 2.69. The van der Waals surface area contributed by atoms with Crippen molar-refractivity contribution in [2.45, 2.75) is 13.1 Å². The summed E-state index contributed by atoms with van der Waals surface area (Å²) in [4.78, 5) is 0. The number of rotatable bonds is 4. The number of hydrogen-bond acceptors (Lipinski definition) is 2. The summed E-state index contributed by atoms with van der Waals surface area (Å²) in [6, 6.07) is 4.70. The molecule has 2 aromatic rings. The lowest BCUT2D eigenvalue weighted by atomic mass is 10.2. The smallest absolute Gasteiger partial charge is 0.141 e. The molecule has 0 saturated carbocycles. The van der Waals surface area contributed by atoms with Gasteiger partial charge in [-0.05, 0) is 24.7 Å². The first-order valence-electron chi connectivity index (χ1n) is 5.29. The van der Waals surface area contributed by atoms with Crippen LogP contribution in [0.4, 0.5) is 4.39 Å². The van der Waals surface area contributed by atoms with Gasteiger partial charge in [0, 0.05) is 18.3 Å². The van der Waals surface area contributed by atoms with Crippen LogP contribution < -0.4 is 5.32 Å². The van der Waals surface area contributed by atoms with Crippen LogP contribution >= 0.6 is 11.6 Å². The molecule has 0 aliphatic carbocycles. The lowest BCUT2D eigenvalue weighted by molar-refractivity contribution is 0.625. The second kappa shape index (κ2) is 5.29. The number of nitrogens with zero attached hydrogens (tertiary/aromatic N) is 2. The summed E-state index contributed by atoms with van der Waals surface area (Å²) in [5.41, 5.74) is 2.04. The molecule has 1 N–H and O–H groups in total. The van der Waals surface area contributed by atoms with E-state index in [4.69, 9.17) is 11.6 Å². The van der Waals surface area contributed by atoms with Crippen molar-refractivity contribution in [2.75, 3.05) is 7.05 Å². The highest BCUT2D eigenvalue weighted by atomic mass is 35.5. The van der Waals surface area contributed by atoms with E-state index in [1.807, 2.05) is 19.4 Å². The zero-order valence-electron chi connectivity index (χ0n) is 9.45. The van der Waals surface area contributed by atoms with Gasteiger partial charge in [0.15, 0.2) is 0 Å². The Hall–Kier alpha value is -1.39. The minimum Gasteiger partial charge on any atom is -0.316 e. The average molecular weight is 254 g/mol. The van der Waals surface area contributed by atoms with Gasteiger partial charge in [-0.3, -0.25) is 4.68 Å². The predicted molar refractivity (Wildman–Crippen MR) is 65.5 cm³/mol. The molecule has 0 aliphatic rings. The van der Waals surface area contributed by atoms with Crippen molar-refractivity contribution in [3.63, 3.8) is 0 Å². The normalized spacial score (nSPS) is 10.8. The van der Waals surface area contributed by atoms with Crippen molar-refractivity contribution in [1.29, 1.82) is 0 Å². The third kappa shape index (κ3) is 3.05. The molecule has 5 heteroatoms. The van der Waals surface area contributed by atoms with E-state index in [-0.39, 0.29) is 5.02 Å². The van der Waals surface area contributed by atoms with Crippen LogP contribution in [-0.2, 0) is 13.1 Å². The van der Waals surface area contributed by atoms with E-state index in [1.165, 1.54) is 6.07 Å². The van der Waals surface area contributed by atoms with Gasteiger partial charge in [-0.2, -0.15) is 5.10 Å². The summed E-state index contributed by atoms with van der Waals surface area (Å²) < 4.78 is 14.8. The van der Waals surface area contributed by atoms with Crippen LogP contribution in [0.25, 0.3) is 0 Å². The standard InChI is InChI=1S/C12H13ClFN3/c1-15-5-10-6-16-17(8-10)7-9-2-3-12(14)11(13)4-9/h2-4,6,8,15H,5,7H2,1H3. The zero-order chi connectivity index (χ0) is 12.3. The lowest BCUT2D eigenvalue weighted by Crippen LogP contribution is -2.04. The Morgan fingerprint density at radius 3 is 2.94 bits per heavy atom. The highest BCUT2D eigenvalue weighted by Crippen LogP contribution is 2.16. The fraction of sp³-hybridized carbons (Fsp3) is 0.250. The molecule has 1 heterocycles. The van der Waals surface area contributed by atoms with Gasteiger partial charge < -0.3 is 5.32 Å². The lowest BCUT2D eigenvalue weighted by Gasteiger charge is -2.03. The summed E-state index contributed by atoms with van der Waals surface area (Å²) >= 11 is 5.72. The number of aromatic nitrogens is 2. The van der Waals surface area contributed by atoms with E-state index < -0.39 is 5.82 Å². The van der Waals surface area contributed by atoms with Crippen LogP contribution in [-0.4, -0.2) is 16.8 Å². The molecular formula is C12H13ClFN3. The predicted octanol–water partition coefficient (Wildman–Crippen LogP) is 2.44. The summed E-state index contributed by atoms with van der Waals surface area (Å²) in [6.45, 7) is 1.37. The molecule has 0 fully saturated rings. The van der Waals surface area contributed by atoms with Crippen molar-refractivity contribution in [1.82, 2.24) is 15.1 Å². The molecule has 1 aromatic heterocycles. The Balaban J connectivity index is 2.11. The molecule has 0 radical (unpaired) electrons. The Morgan fingerprint density at radius 2 is 2.24 bits per heavy atom. The number of nitrogens with one attached hydrogen (secondary N) is 1. The van der Waals surface area contributed by atoms with E-state index in [1.54, 1.807) is 16.8 Å². The third-order valence-electron chi connectivity index (χ3n) is 2.40. The fourth-order valence-corrected chi connectivity index (χ4v) is 1.82. The summed E-state index contributed by atoms with van der Waals surface area (Å²) in [5, 5.41) is 7.42. The Morgan fingerprint density at radius 1 is 1.41 bits per heavy atom. The molecule has 0 unspecified atom stereocenters. The molecule has 17 heavy (non-hydrogen) atoms. The van der Waals surface area contributed by atoms with E-state index in [2.05, 4.69) is 10.4 Å². The van der Waals surface area contributed by atoms with Gasteiger partial charge in [0.25, 0.3) is 0 Å². The maximum Gasteiger partial charge on any atom is 0.141 e. The molecule has 3 nitrogen and oxygen atoms in total. The monoisotopic (exact) mass is 253 g/mol. The van der Waals surface area contributed by atoms with Crippen LogP contribution in [0.2, 0.25) is 5.02 Å². The fourth-order valence-electron chi connectivity index (χ4n) is 1.61. The number of hydrogen-bond donors (Lipinski definition) is 1. The van der Waals surface area contributed by atoms with Gasteiger partial charge in [-0.25, -0.2) is 4.39 Å². The van der Waals surface area contributed by atoms with Crippen molar-refractivity contribution < 1.29 is 4.39 Å². The zero-order valence-corrected chi connectivity index (χ0v) is 10.2. The van der Waals surface area contributed by atoms with Crippen LogP contribution in [0.3, 0.4) is 0 Å². The van der Waals surface area contributed by atoms with Crippen molar-refractivity contribution >= 4 is 11.6 Å². The molecule has 0 saturated heterocycles. The summed E-state index contributed by atoms with van der Waals surface area (Å²) in [7, 11) is 1.89. The van der Waals surface area contributed by atoms with E-state index in [0.29, 0.717) is 6.54 Å². The van der Waals surface area contributed by atoms with Crippen LogP contribution in [0.15, 0.2) is 30.6 Å². The molecule has 2 rings (SSSR count). The second-order valence-corrected chi connectivity index (χ2v) is 4.23. The van der Waals surface area contributed by atoms with Gasteiger partial charge in [-0.1, -0.05) is 17.7 Å². The molecule has 0 aliphatic heterocycles. The van der Waals surface area contributed by atoms with Crippen molar-refractivity contribution in [2.24, 2.45) is 0 Å². The first-order valence-corrected chi connectivity index (χ1v) is 5.66. The van der Waals surface area contributed by atoms with Crippen molar-refractivity contribution in [3.8, 4) is 0 Å². The molecular weight excluding hydrogens is 241 g/mol. The highest BCUT2D eigenvalue weighted by Gasteiger charge is 2.03. The molecule has 0 spiro atoms. The number of benzene rings is 1. The Labute approximate surface area is 104 Å². The van der Waals surface area contributed by atoms with Crippen LogP contribution in [0.5, 0.6) is 0 Å². The minimum atomic E-state index is -0.397. The molecule has 1 aromatic carbocycles. The van der Waals surface area contributed by atoms with Crippen LogP contribution in [0.1, 0.15) is 11.1 Å². The summed E-state index contributed by atoms with van der Waals surface area (Å²) in [5.74, 6) is -0.397. The number of halogens is 2. The maximum absolute atomic E-state index is 13.0. The van der Waals surface area contributed by atoms with Crippen molar-refractivity contribution in [3.05, 3.63) is 52.6 Å². The molecule has 0 bridgehead atoms. The average Bonchev–Trinajstić information content (AvgIpc) is 2.72. The van der Waals surface area contributed by atoms with E-state index in [9.17, 15) is 4.39 Å². The Bertz CT molecular complexity index is 510. The summed E-state index contributed by atoms with van der Waals surface area (Å²) in [6.07, 6.45) is 3.76. The highest BCUT2D eigenvalue weighted by molar-refractivity contribution is 6.30. The quantitative estimate of drug-likeness (QED) is 0.907. The second-order valence-electron chi connectivity index (χ2n) is 3.82. The largest absolute Gasteiger partial charge is 0.316 e. The van der Waals surface area contributed by atoms with E-state index >= 15 is 0 Å². The topological polar surface area (TPSA) is 29.9 Å². The maximum atomic E-state index is 13.0. The Kier molecular flexibility index (Phi) is 3.76. The molecule has 0 amide bonds. The van der Waals surface area contributed by atoms with Gasteiger partial charge in [0.1, 0.15) is 5.82 Å². The molecule has 90 valence electrons. The SMILES string of the molecule is CNCc1cnn(Cc2ccc(F)c(Cl)c2)c1. The van der Waals surface area contributed by atoms with Gasteiger partial charge >= 0.3 is 0 Å². The van der Waals surface area contributed by atoms with Gasteiger partial charge in [-0.15, -0.1) is 0 Å². The minimum absolute atomic E-state index is 0.144. The first kappa shape index (κ1) is 12.1. The van der Waals surface area contributed by atoms with Gasteiger partial charge in [0.2, 0.25) is 0 Å². The molecule has 0 atom stereocenters. The van der Waals surface area contributed by atoms with Gasteiger partial charge in [0.05, 0.1) is 17.8 Å². The first-order chi connectivity index (χ1) is 8.19. The van der Waals surface area contributed by atoms with Crippen LogP contribution in [0, 0.1) is 5.82 Å².